The number of hydrogen-bond donors (Lipinski definition) is 4. The van der Waals surface area contributed by atoms with Crippen LogP contribution in [0.1, 0.15) is 36.9 Å². The predicted molar refractivity (Wildman–Crippen MR) is 104 cm³/mol. The fraction of sp³-hybridized carbons (Fsp3) is 0.526. The van der Waals surface area contributed by atoms with Crippen LogP contribution in [0, 0.1) is 6.92 Å². The summed E-state index contributed by atoms with van der Waals surface area (Å²) in [5, 5.41) is 11.4. The Labute approximate surface area is 164 Å². The summed E-state index contributed by atoms with van der Waals surface area (Å²) in [4.78, 5) is 39.8. The first-order valence-corrected chi connectivity index (χ1v) is 9.58. The van der Waals surface area contributed by atoms with Gasteiger partial charge in [0.15, 0.2) is 6.29 Å². The van der Waals surface area contributed by atoms with Gasteiger partial charge >= 0.3 is 18.1 Å². The zero-order valence-electron chi connectivity index (χ0n) is 16.5. The molecule has 3 rings (SSSR count). The van der Waals surface area contributed by atoms with Gasteiger partial charge in [-0.2, -0.15) is 0 Å². The van der Waals surface area contributed by atoms with Gasteiger partial charge in [-0.25, -0.2) is 19.3 Å². The van der Waals surface area contributed by atoms with Crippen molar-refractivity contribution in [2.24, 2.45) is 0 Å². The van der Waals surface area contributed by atoms with Gasteiger partial charge in [0.25, 0.3) is 0 Å². The second-order valence-electron chi connectivity index (χ2n) is 7.28. The van der Waals surface area contributed by atoms with Crippen molar-refractivity contribution in [3.8, 4) is 0 Å². The minimum absolute atomic E-state index is 0.0483. The molecule has 2 fully saturated rings. The lowest BCUT2D eigenvalue weighted by Gasteiger charge is -2.41. The Balaban J connectivity index is 1.56. The second kappa shape index (κ2) is 8.47. The number of urea groups is 3. The van der Waals surface area contributed by atoms with Crippen LogP contribution in [0.2, 0.25) is 0 Å². The highest BCUT2D eigenvalue weighted by Gasteiger charge is 2.38. The molecule has 9 heteroatoms. The highest BCUT2D eigenvalue weighted by molar-refractivity contribution is 5.96. The van der Waals surface area contributed by atoms with Crippen LogP contribution in [0.4, 0.5) is 14.4 Å². The Morgan fingerprint density at radius 3 is 2.39 bits per heavy atom. The number of carbonyl (C=O) groups excluding carboxylic acids is 3. The molecule has 28 heavy (non-hydrogen) atoms. The maximum Gasteiger partial charge on any atom is 0.328 e. The quantitative estimate of drug-likeness (QED) is 0.627. The number of hydrogen-bond acceptors (Lipinski definition) is 4. The number of rotatable bonds is 4. The number of imide groups is 1. The fourth-order valence-electron chi connectivity index (χ4n) is 3.70. The van der Waals surface area contributed by atoms with E-state index in [2.05, 4.69) is 27.3 Å². The smallest absolute Gasteiger partial charge is 0.328 e. The summed E-state index contributed by atoms with van der Waals surface area (Å²) in [5.41, 5.74) is 2.23. The number of likely N-dealkylation sites (tertiary alicyclic amines) is 1. The van der Waals surface area contributed by atoms with Crippen molar-refractivity contribution >= 4 is 18.1 Å². The number of nitrogens with zero attached hydrogens (tertiary/aromatic N) is 2. The first kappa shape index (κ1) is 19.9. The predicted octanol–water partition coefficient (Wildman–Crippen LogP) is 1.47. The highest BCUT2D eigenvalue weighted by Crippen LogP contribution is 2.19. The van der Waals surface area contributed by atoms with Crippen LogP contribution in [0.3, 0.4) is 0 Å². The highest BCUT2D eigenvalue weighted by atomic mass is 16.2. The van der Waals surface area contributed by atoms with Crippen LogP contribution < -0.4 is 21.3 Å². The molecule has 4 N–H and O–H groups in total. The fourth-order valence-corrected chi connectivity index (χ4v) is 3.70. The van der Waals surface area contributed by atoms with Crippen LogP contribution in [0.25, 0.3) is 0 Å². The van der Waals surface area contributed by atoms with Crippen molar-refractivity contribution in [1.29, 1.82) is 0 Å². The first-order valence-electron chi connectivity index (χ1n) is 9.58. The SMILES string of the molecule is CNC(=O)N1CCC(N2C(=O)NC(N[C@@H](C)c3cccc(C)c3)NC2=O)CC1. The van der Waals surface area contributed by atoms with Gasteiger partial charge in [-0.05, 0) is 32.3 Å². The van der Waals surface area contributed by atoms with E-state index in [0.29, 0.717) is 25.9 Å². The van der Waals surface area contributed by atoms with Crippen molar-refractivity contribution in [3.63, 3.8) is 0 Å². The second-order valence-corrected chi connectivity index (χ2v) is 7.28. The summed E-state index contributed by atoms with van der Waals surface area (Å²) in [7, 11) is 1.59. The molecule has 2 heterocycles. The lowest BCUT2D eigenvalue weighted by Crippen LogP contribution is -2.70. The Bertz CT molecular complexity index is 729. The molecule has 0 saturated carbocycles. The summed E-state index contributed by atoms with van der Waals surface area (Å²) in [6.45, 7) is 5.02. The normalized spacial score (nSPS) is 19.8. The van der Waals surface area contributed by atoms with E-state index < -0.39 is 18.4 Å². The molecule has 2 aliphatic heterocycles. The molecule has 9 nitrogen and oxygen atoms in total. The Morgan fingerprint density at radius 1 is 1.18 bits per heavy atom. The maximum absolute atomic E-state index is 12.6. The lowest BCUT2D eigenvalue weighted by atomic mass is 10.0. The van der Waals surface area contributed by atoms with Gasteiger partial charge in [0, 0.05) is 32.2 Å². The van der Waals surface area contributed by atoms with Crippen LogP contribution in [0.15, 0.2) is 24.3 Å². The van der Waals surface area contributed by atoms with Crippen molar-refractivity contribution in [2.75, 3.05) is 20.1 Å². The molecule has 2 saturated heterocycles. The van der Waals surface area contributed by atoms with Gasteiger partial charge in [0.2, 0.25) is 0 Å². The monoisotopic (exact) mass is 388 g/mol. The van der Waals surface area contributed by atoms with E-state index in [4.69, 9.17) is 0 Å². The van der Waals surface area contributed by atoms with Gasteiger partial charge < -0.3 is 20.9 Å². The molecule has 0 bridgehead atoms. The van der Waals surface area contributed by atoms with Crippen LogP contribution in [-0.2, 0) is 0 Å². The Kier molecular flexibility index (Phi) is 6.03. The minimum atomic E-state index is -0.641. The molecule has 1 aromatic rings. The van der Waals surface area contributed by atoms with E-state index in [1.807, 2.05) is 32.0 Å². The van der Waals surface area contributed by atoms with E-state index in [-0.39, 0.29) is 18.1 Å². The number of piperidine rings is 1. The number of amides is 6. The molecular formula is C19H28N6O3. The summed E-state index contributed by atoms with van der Waals surface area (Å²) in [5.74, 6) is 0. The van der Waals surface area contributed by atoms with Crippen LogP contribution >= 0.6 is 0 Å². The van der Waals surface area contributed by atoms with Crippen molar-refractivity contribution < 1.29 is 14.4 Å². The molecule has 1 atom stereocenters. The van der Waals surface area contributed by atoms with Gasteiger partial charge in [-0.15, -0.1) is 0 Å². The van der Waals surface area contributed by atoms with E-state index in [1.54, 1.807) is 11.9 Å². The third-order valence-electron chi connectivity index (χ3n) is 5.26. The lowest BCUT2D eigenvalue weighted by molar-refractivity contribution is 0.116. The summed E-state index contributed by atoms with van der Waals surface area (Å²) >= 11 is 0. The van der Waals surface area contributed by atoms with Gasteiger partial charge in [-0.3, -0.25) is 5.32 Å². The third-order valence-corrected chi connectivity index (χ3v) is 5.26. The van der Waals surface area contributed by atoms with Gasteiger partial charge in [-0.1, -0.05) is 29.8 Å². The first-order chi connectivity index (χ1) is 13.4. The molecule has 6 amide bonds. The molecule has 0 spiro atoms. The Hall–Kier alpha value is -2.81. The van der Waals surface area contributed by atoms with E-state index in [9.17, 15) is 14.4 Å². The van der Waals surface area contributed by atoms with E-state index in [1.165, 1.54) is 4.90 Å². The number of carbonyl (C=O) groups is 3. The topological polar surface area (TPSA) is 106 Å². The third kappa shape index (κ3) is 4.36. The molecule has 0 aliphatic carbocycles. The molecular weight excluding hydrogens is 360 g/mol. The molecule has 152 valence electrons. The van der Waals surface area contributed by atoms with Crippen LogP contribution in [0.5, 0.6) is 0 Å². The Morgan fingerprint density at radius 2 is 1.82 bits per heavy atom. The zero-order valence-corrected chi connectivity index (χ0v) is 16.5. The van der Waals surface area contributed by atoms with Crippen molar-refractivity contribution in [1.82, 2.24) is 31.1 Å². The van der Waals surface area contributed by atoms with Gasteiger partial charge in [0.1, 0.15) is 0 Å². The number of benzene rings is 1. The number of aryl methyl sites for hydroxylation is 1. The van der Waals surface area contributed by atoms with E-state index >= 15 is 0 Å². The number of nitrogens with one attached hydrogen (secondary N) is 4. The van der Waals surface area contributed by atoms with Crippen molar-refractivity contribution in [2.45, 2.75) is 45.1 Å². The average molecular weight is 388 g/mol. The molecule has 1 aromatic carbocycles. The molecule has 2 aliphatic rings. The molecule has 0 aromatic heterocycles. The van der Waals surface area contributed by atoms with Gasteiger partial charge in [0.05, 0.1) is 0 Å². The summed E-state index contributed by atoms with van der Waals surface area (Å²) < 4.78 is 0. The molecule has 0 radical (unpaired) electrons. The average Bonchev–Trinajstić information content (AvgIpc) is 2.67. The van der Waals surface area contributed by atoms with Crippen LogP contribution in [-0.4, -0.2) is 60.4 Å². The summed E-state index contributed by atoms with van der Waals surface area (Å²) in [6, 6.07) is 6.82. The molecule has 0 unspecified atom stereocenters. The summed E-state index contributed by atoms with van der Waals surface area (Å²) in [6.07, 6.45) is 0.482. The van der Waals surface area contributed by atoms with Crippen molar-refractivity contribution in [3.05, 3.63) is 35.4 Å². The standard InChI is InChI=1S/C19H28N6O3/c1-12-5-4-6-14(11-12)13(2)21-16-22-18(27)25(19(28)23-16)15-7-9-24(10-8-15)17(26)20-3/h4-6,11,13,15-16,21H,7-10H2,1-3H3,(H,20,26)(H,22,27)(H,23,28)/t13-/m0/s1. The van der Waals surface area contributed by atoms with E-state index in [0.717, 1.165) is 11.1 Å². The maximum atomic E-state index is 12.6. The largest absolute Gasteiger partial charge is 0.341 e. The zero-order chi connectivity index (χ0) is 20.3. The minimum Gasteiger partial charge on any atom is -0.341 e.